The van der Waals surface area contributed by atoms with E-state index in [9.17, 15) is 4.79 Å². The van der Waals surface area contributed by atoms with Crippen molar-refractivity contribution in [1.29, 1.82) is 0 Å². The van der Waals surface area contributed by atoms with Gasteiger partial charge in [0, 0.05) is 32.7 Å². The molecule has 0 saturated carbocycles. The summed E-state index contributed by atoms with van der Waals surface area (Å²) < 4.78 is 11.5. The molecule has 3 aromatic carbocycles. The van der Waals surface area contributed by atoms with E-state index in [1.165, 1.54) is 0 Å². The first-order chi connectivity index (χ1) is 16.3. The summed E-state index contributed by atoms with van der Waals surface area (Å²) in [6.45, 7) is 6.01. The van der Waals surface area contributed by atoms with Gasteiger partial charge >= 0.3 is 0 Å². The van der Waals surface area contributed by atoms with Crippen LogP contribution in [0.2, 0.25) is 0 Å². The molecule has 0 bridgehead atoms. The van der Waals surface area contributed by atoms with Gasteiger partial charge in [-0.05, 0) is 28.8 Å². The van der Waals surface area contributed by atoms with Crippen molar-refractivity contribution in [1.82, 2.24) is 9.80 Å². The van der Waals surface area contributed by atoms with E-state index in [-0.39, 0.29) is 5.91 Å². The van der Waals surface area contributed by atoms with E-state index in [0.717, 1.165) is 55.3 Å². The second kappa shape index (κ2) is 12.2. The smallest absolute Gasteiger partial charge is 0.227 e. The first-order valence-corrected chi connectivity index (χ1v) is 11.6. The SMILES string of the molecule is O=C(Cc1ccccc1)N(CCN1CCOCC1)Cc1cccc(OCc2ccccc2)c1. The fourth-order valence-corrected chi connectivity index (χ4v) is 3.96. The van der Waals surface area contributed by atoms with Crippen molar-refractivity contribution in [3.05, 3.63) is 102 Å². The zero-order chi connectivity index (χ0) is 22.7. The zero-order valence-electron chi connectivity index (χ0n) is 19.1. The Bertz CT molecular complexity index is 988. The fourth-order valence-electron chi connectivity index (χ4n) is 3.96. The summed E-state index contributed by atoms with van der Waals surface area (Å²) in [5.41, 5.74) is 3.25. The average molecular weight is 445 g/mol. The van der Waals surface area contributed by atoms with E-state index in [1.54, 1.807) is 0 Å². The Morgan fingerprint density at radius 1 is 0.848 bits per heavy atom. The number of nitrogens with zero attached hydrogens (tertiary/aromatic N) is 2. The molecule has 0 spiro atoms. The zero-order valence-corrected chi connectivity index (χ0v) is 19.1. The number of morpholine rings is 1. The van der Waals surface area contributed by atoms with Crippen molar-refractivity contribution in [2.75, 3.05) is 39.4 Å². The third-order valence-corrected chi connectivity index (χ3v) is 5.86. The minimum absolute atomic E-state index is 0.144. The maximum absolute atomic E-state index is 13.2. The first kappa shape index (κ1) is 23.0. The first-order valence-electron chi connectivity index (χ1n) is 11.6. The molecule has 0 radical (unpaired) electrons. The van der Waals surface area contributed by atoms with Crippen molar-refractivity contribution in [3.8, 4) is 5.75 Å². The lowest BCUT2D eigenvalue weighted by atomic mass is 10.1. The predicted molar refractivity (Wildman–Crippen MR) is 130 cm³/mol. The van der Waals surface area contributed by atoms with Crippen LogP contribution in [0.5, 0.6) is 5.75 Å². The van der Waals surface area contributed by atoms with Gasteiger partial charge in [0.2, 0.25) is 5.91 Å². The molecule has 1 aliphatic heterocycles. The van der Waals surface area contributed by atoms with Gasteiger partial charge in [-0.2, -0.15) is 0 Å². The lowest BCUT2D eigenvalue weighted by Crippen LogP contribution is -2.43. The molecule has 1 fully saturated rings. The van der Waals surface area contributed by atoms with Crippen LogP contribution in [0, 0.1) is 0 Å². The third-order valence-electron chi connectivity index (χ3n) is 5.86. The maximum Gasteiger partial charge on any atom is 0.227 e. The van der Waals surface area contributed by atoms with E-state index in [0.29, 0.717) is 26.1 Å². The highest BCUT2D eigenvalue weighted by atomic mass is 16.5. The van der Waals surface area contributed by atoms with Crippen molar-refractivity contribution in [3.63, 3.8) is 0 Å². The molecule has 5 nitrogen and oxygen atoms in total. The van der Waals surface area contributed by atoms with Crippen molar-refractivity contribution >= 4 is 5.91 Å². The topological polar surface area (TPSA) is 42.0 Å². The molecule has 0 aromatic heterocycles. The third kappa shape index (κ3) is 7.45. The van der Waals surface area contributed by atoms with E-state index in [2.05, 4.69) is 23.1 Å². The monoisotopic (exact) mass is 444 g/mol. The van der Waals surface area contributed by atoms with Gasteiger partial charge in [0.05, 0.1) is 19.6 Å². The maximum atomic E-state index is 13.2. The van der Waals surface area contributed by atoms with Crippen LogP contribution < -0.4 is 4.74 Å². The largest absolute Gasteiger partial charge is 0.489 e. The van der Waals surface area contributed by atoms with Crippen molar-refractivity contribution in [2.45, 2.75) is 19.6 Å². The van der Waals surface area contributed by atoms with Crippen LogP contribution >= 0.6 is 0 Å². The van der Waals surface area contributed by atoms with Crippen LogP contribution in [0.25, 0.3) is 0 Å². The molecular formula is C28H32N2O3. The molecule has 33 heavy (non-hydrogen) atoms. The molecule has 4 rings (SSSR count). The minimum atomic E-state index is 0.144. The number of carbonyl (C=O) groups is 1. The van der Waals surface area contributed by atoms with Crippen molar-refractivity contribution < 1.29 is 14.3 Å². The molecule has 0 aliphatic carbocycles. The normalized spacial score (nSPS) is 14.1. The highest BCUT2D eigenvalue weighted by Gasteiger charge is 2.18. The molecule has 0 unspecified atom stereocenters. The number of carbonyl (C=O) groups excluding carboxylic acids is 1. The number of amides is 1. The highest BCUT2D eigenvalue weighted by Crippen LogP contribution is 2.17. The van der Waals surface area contributed by atoms with Gasteiger partial charge in [-0.25, -0.2) is 0 Å². The summed E-state index contributed by atoms with van der Waals surface area (Å²) in [4.78, 5) is 17.6. The van der Waals surface area contributed by atoms with Crippen molar-refractivity contribution in [2.24, 2.45) is 0 Å². The van der Waals surface area contributed by atoms with Gasteiger partial charge in [-0.3, -0.25) is 9.69 Å². The Morgan fingerprint density at radius 2 is 1.52 bits per heavy atom. The lowest BCUT2D eigenvalue weighted by Gasteiger charge is -2.30. The van der Waals surface area contributed by atoms with Gasteiger partial charge in [0.25, 0.3) is 0 Å². The van der Waals surface area contributed by atoms with Crippen LogP contribution in [0.4, 0.5) is 0 Å². The summed E-state index contributed by atoms with van der Waals surface area (Å²) in [6.07, 6.45) is 0.411. The van der Waals surface area contributed by atoms with Gasteiger partial charge < -0.3 is 14.4 Å². The second-order valence-electron chi connectivity index (χ2n) is 8.35. The summed E-state index contributed by atoms with van der Waals surface area (Å²) >= 11 is 0. The van der Waals surface area contributed by atoms with Gasteiger partial charge in [-0.15, -0.1) is 0 Å². The molecule has 1 aliphatic rings. The lowest BCUT2D eigenvalue weighted by molar-refractivity contribution is -0.131. The Kier molecular flexibility index (Phi) is 8.50. The van der Waals surface area contributed by atoms with Gasteiger partial charge in [0.15, 0.2) is 0 Å². The number of rotatable bonds is 10. The molecular weight excluding hydrogens is 412 g/mol. The molecule has 1 saturated heterocycles. The summed E-state index contributed by atoms with van der Waals surface area (Å²) in [7, 11) is 0. The second-order valence-corrected chi connectivity index (χ2v) is 8.35. The standard InChI is InChI=1S/C28H32N2O3/c31-28(21-24-8-3-1-4-9-24)30(15-14-29-16-18-32-19-17-29)22-26-12-7-13-27(20-26)33-23-25-10-5-2-6-11-25/h1-13,20H,14-19,21-23H2. The van der Waals surface area contributed by atoms with E-state index >= 15 is 0 Å². The molecule has 1 amide bonds. The molecule has 5 heteroatoms. The number of benzene rings is 3. The Labute approximate surface area is 196 Å². The summed E-state index contributed by atoms with van der Waals surface area (Å²) in [6, 6.07) is 28.2. The summed E-state index contributed by atoms with van der Waals surface area (Å²) in [5, 5.41) is 0. The molecule has 3 aromatic rings. The average Bonchev–Trinajstić information content (AvgIpc) is 2.87. The van der Waals surface area contributed by atoms with E-state index in [1.807, 2.05) is 71.6 Å². The highest BCUT2D eigenvalue weighted by molar-refractivity contribution is 5.78. The van der Waals surface area contributed by atoms with Crippen LogP contribution in [0.1, 0.15) is 16.7 Å². The fraction of sp³-hybridized carbons (Fsp3) is 0.321. The molecule has 0 N–H and O–H groups in total. The van der Waals surface area contributed by atoms with Crippen LogP contribution in [-0.4, -0.2) is 55.1 Å². The molecule has 1 heterocycles. The Morgan fingerprint density at radius 3 is 2.24 bits per heavy atom. The minimum Gasteiger partial charge on any atom is -0.489 e. The van der Waals surface area contributed by atoms with E-state index in [4.69, 9.17) is 9.47 Å². The summed E-state index contributed by atoms with van der Waals surface area (Å²) in [5.74, 6) is 0.963. The van der Waals surface area contributed by atoms with E-state index < -0.39 is 0 Å². The van der Waals surface area contributed by atoms with Crippen LogP contribution in [0.3, 0.4) is 0 Å². The quantitative estimate of drug-likeness (QED) is 0.471. The number of hydrogen-bond acceptors (Lipinski definition) is 4. The molecule has 172 valence electrons. The molecule has 0 atom stereocenters. The Hall–Kier alpha value is -3.15. The van der Waals surface area contributed by atoms with Crippen LogP contribution in [-0.2, 0) is 29.1 Å². The number of ether oxygens (including phenoxy) is 2. The van der Waals surface area contributed by atoms with Crippen LogP contribution in [0.15, 0.2) is 84.9 Å². The number of hydrogen-bond donors (Lipinski definition) is 0. The predicted octanol–water partition coefficient (Wildman–Crippen LogP) is 4.17. The van der Waals surface area contributed by atoms with Gasteiger partial charge in [-0.1, -0.05) is 72.8 Å². The van der Waals surface area contributed by atoms with Gasteiger partial charge in [0.1, 0.15) is 12.4 Å². The Balaban J connectivity index is 1.41.